The predicted octanol–water partition coefficient (Wildman–Crippen LogP) is 4.11. The average molecular weight is 372 g/mol. The van der Waals surface area contributed by atoms with Gasteiger partial charge in [-0.25, -0.2) is 0 Å². The Kier molecular flexibility index (Phi) is 6.97. The van der Waals surface area contributed by atoms with E-state index >= 15 is 0 Å². The summed E-state index contributed by atoms with van der Waals surface area (Å²) in [4.78, 5) is 12.0. The summed E-state index contributed by atoms with van der Waals surface area (Å²) in [5.74, 6) is 0.686. The first-order valence-corrected chi connectivity index (χ1v) is 8.93. The van der Waals surface area contributed by atoms with Crippen LogP contribution in [0.4, 0.5) is 5.69 Å². The standard InChI is InChI=1S/C20H24N2O3S/c1-4-14(3)15-8-9-18(23)17(11-15)21-20(26)22-19(24)12-25-16-7-5-6-13(2)10-16/h5-11,14,23H,4,12H2,1-3H3,(H2,21,22,24,26)/t14-/m1/s1. The molecular formula is C20H24N2O3S. The van der Waals surface area contributed by atoms with E-state index in [0.717, 1.165) is 17.5 Å². The Morgan fingerprint density at radius 3 is 2.73 bits per heavy atom. The first kappa shape index (κ1) is 19.7. The zero-order chi connectivity index (χ0) is 19.1. The summed E-state index contributed by atoms with van der Waals surface area (Å²) in [6.45, 7) is 6.01. The van der Waals surface area contributed by atoms with Crippen molar-refractivity contribution in [2.75, 3.05) is 11.9 Å². The van der Waals surface area contributed by atoms with Gasteiger partial charge in [-0.3, -0.25) is 10.1 Å². The maximum Gasteiger partial charge on any atom is 0.264 e. The minimum Gasteiger partial charge on any atom is -0.506 e. The van der Waals surface area contributed by atoms with Gasteiger partial charge in [0.2, 0.25) is 0 Å². The van der Waals surface area contributed by atoms with Crippen LogP contribution < -0.4 is 15.4 Å². The lowest BCUT2D eigenvalue weighted by atomic mass is 9.98. The van der Waals surface area contributed by atoms with E-state index in [1.807, 2.05) is 37.3 Å². The Morgan fingerprint density at radius 1 is 1.27 bits per heavy atom. The van der Waals surface area contributed by atoms with Crippen LogP contribution in [-0.4, -0.2) is 22.7 Å². The van der Waals surface area contributed by atoms with Crippen molar-refractivity contribution in [3.63, 3.8) is 0 Å². The topological polar surface area (TPSA) is 70.6 Å². The number of carbonyl (C=O) groups is 1. The highest BCUT2D eigenvalue weighted by molar-refractivity contribution is 7.80. The molecule has 1 atom stereocenters. The fourth-order valence-corrected chi connectivity index (χ4v) is 2.59. The highest BCUT2D eigenvalue weighted by atomic mass is 32.1. The largest absolute Gasteiger partial charge is 0.506 e. The number of nitrogens with one attached hydrogen (secondary N) is 2. The fraction of sp³-hybridized carbons (Fsp3) is 0.300. The summed E-state index contributed by atoms with van der Waals surface area (Å²) in [7, 11) is 0. The zero-order valence-corrected chi connectivity index (χ0v) is 16.0. The van der Waals surface area contributed by atoms with Gasteiger partial charge >= 0.3 is 0 Å². The van der Waals surface area contributed by atoms with Crippen LogP contribution in [0.25, 0.3) is 0 Å². The number of phenolic OH excluding ortho intramolecular Hbond substituents is 1. The first-order valence-electron chi connectivity index (χ1n) is 8.52. The summed E-state index contributed by atoms with van der Waals surface area (Å²) >= 11 is 5.15. The number of carbonyl (C=O) groups excluding carboxylic acids is 1. The molecule has 0 radical (unpaired) electrons. The highest BCUT2D eigenvalue weighted by Gasteiger charge is 2.11. The fourth-order valence-electron chi connectivity index (χ4n) is 2.37. The Balaban J connectivity index is 1.90. The lowest BCUT2D eigenvalue weighted by molar-refractivity contribution is -0.121. The zero-order valence-electron chi connectivity index (χ0n) is 15.2. The summed E-state index contributed by atoms with van der Waals surface area (Å²) < 4.78 is 5.44. The van der Waals surface area contributed by atoms with Gasteiger partial charge in [0, 0.05) is 0 Å². The number of phenols is 1. The molecule has 1 amide bonds. The molecule has 2 aromatic carbocycles. The second-order valence-electron chi connectivity index (χ2n) is 6.19. The molecule has 26 heavy (non-hydrogen) atoms. The van der Waals surface area contributed by atoms with Crippen LogP contribution in [0.15, 0.2) is 42.5 Å². The van der Waals surface area contributed by atoms with Crippen molar-refractivity contribution in [2.24, 2.45) is 0 Å². The maximum absolute atomic E-state index is 12.0. The molecule has 138 valence electrons. The monoisotopic (exact) mass is 372 g/mol. The molecule has 0 spiro atoms. The quantitative estimate of drug-likeness (QED) is 0.526. The second-order valence-corrected chi connectivity index (χ2v) is 6.60. The number of anilines is 1. The third kappa shape index (κ3) is 5.74. The maximum atomic E-state index is 12.0. The average Bonchev–Trinajstić information content (AvgIpc) is 2.61. The van der Waals surface area contributed by atoms with Crippen molar-refractivity contribution < 1.29 is 14.6 Å². The summed E-state index contributed by atoms with van der Waals surface area (Å²) in [5, 5.41) is 15.5. The molecule has 0 saturated carbocycles. The van der Waals surface area contributed by atoms with E-state index in [2.05, 4.69) is 24.5 Å². The van der Waals surface area contributed by atoms with Gasteiger partial charge in [0.1, 0.15) is 11.5 Å². The molecular weight excluding hydrogens is 348 g/mol. The summed E-state index contributed by atoms with van der Waals surface area (Å²) in [6.07, 6.45) is 0.988. The van der Waals surface area contributed by atoms with Gasteiger partial charge in [-0.15, -0.1) is 0 Å². The lowest BCUT2D eigenvalue weighted by Crippen LogP contribution is -2.37. The van der Waals surface area contributed by atoms with Crippen LogP contribution in [0.2, 0.25) is 0 Å². The molecule has 0 heterocycles. The van der Waals surface area contributed by atoms with E-state index in [1.165, 1.54) is 0 Å². The van der Waals surface area contributed by atoms with Crippen LogP contribution in [0.1, 0.15) is 37.3 Å². The molecule has 0 unspecified atom stereocenters. The van der Waals surface area contributed by atoms with Gasteiger partial charge in [-0.2, -0.15) is 0 Å². The Labute approximate surface area is 159 Å². The van der Waals surface area contributed by atoms with Gasteiger partial charge < -0.3 is 15.2 Å². The second kappa shape index (κ2) is 9.20. The van der Waals surface area contributed by atoms with Gasteiger partial charge in [0.25, 0.3) is 5.91 Å². The van der Waals surface area contributed by atoms with Crippen molar-refractivity contribution in [1.82, 2.24) is 5.32 Å². The molecule has 0 aliphatic heterocycles. The minimum absolute atomic E-state index is 0.0738. The molecule has 0 aliphatic rings. The Hall–Kier alpha value is -2.60. The number of rotatable bonds is 6. The number of ether oxygens (including phenoxy) is 1. The van der Waals surface area contributed by atoms with Crippen LogP contribution >= 0.6 is 12.2 Å². The van der Waals surface area contributed by atoms with E-state index in [0.29, 0.717) is 17.4 Å². The van der Waals surface area contributed by atoms with Gasteiger partial charge in [0.05, 0.1) is 5.69 Å². The third-order valence-corrected chi connectivity index (χ3v) is 4.27. The number of aryl methyl sites for hydroxylation is 1. The van der Waals surface area contributed by atoms with E-state index in [-0.39, 0.29) is 23.4 Å². The molecule has 0 bridgehead atoms. The molecule has 0 fully saturated rings. The molecule has 2 rings (SSSR count). The highest BCUT2D eigenvalue weighted by Crippen LogP contribution is 2.28. The number of hydrogen-bond donors (Lipinski definition) is 3. The Morgan fingerprint density at radius 2 is 2.04 bits per heavy atom. The summed E-state index contributed by atoms with van der Waals surface area (Å²) in [6, 6.07) is 12.8. The van der Waals surface area contributed by atoms with E-state index in [1.54, 1.807) is 12.1 Å². The molecule has 5 nitrogen and oxygen atoms in total. The number of thiocarbonyl (C=S) groups is 1. The van der Waals surface area contributed by atoms with E-state index in [9.17, 15) is 9.90 Å². The van der Waals surface area contributed by atoms with Crippen LogP contribution in [0, 0.1) is 6.92 Å². The number of amides is 1. The number of benzene rings is 2. The van der Waals surface area contributed by atoms with Crippen molar-refractivity contribution in [2.45, 2.75) is 33.1 Å². The van der Waals surface area contributed by atoms with E-state index in [4.69, 9.17) is 17.0 Å². The lowest BCUT2D eigenvalue weighted by Gasteiger charge is -2.15. The Bertz CT molecular complexity index is 792. The molecule has 3 N–H and O–H groups in total. The van der Waals surface area contributed by atoms with Gasteiger partial charge in [-0.05, 0) is 66.9 Å². The SMILES string of the molecule is CC[C@@H](C)c1ccc(O)c(NC(=S)NC(=O)COc2cccc(C)c2)c1. The molecule has 0 aromatic heterocycles. The molecule has 6 heteroatoms. The first-order chi connectivity index (χ1) is 12.4. The summed E-state index contributed by atoms with van der Waals surface area (Å²) in [5.41, 5.74) is 2.61. The van der Waals surface area contributed by atoms with Gasteiger partial charge in [0.15, 0.2) is 11.7 Å². The van der Waals surface area contributed by atoms with Crippen molar-refractivity contribution in [3.8, 4) is 11.5 Å². The van der Waals surface area contributed by atoms with Crippen molar-refractivity contribution in [1.29, 1.82) is 0 Å². The minimum atomic E-state index is -0.374. The van der Waals surface area contributed by atoms with Crippen LogP contribution in [0.3, 0.4) is 0 Å². The molecule has 2 aromatic rings. The van der Waals surface area contributed by atoms with Crippen molar-refractivity contribution in [3.05, 3.63) is 53.6 Å². The van der Waals surface area contributed by atoms with Crippen LogP contribution in [-0.2, 0) is 4.79 Å². The number of aromatic hydroxyl groups is 1. The normalized spacial score (nSPS) is 11.5. The van der Waals surface area contributed by atoms with Gasteiger partial charge in [-0.1, -0.05) is 32.0 Å². The third-order valence-electron chi connectivity index (χ3n) is 4.06. The molecule has 0 saturated heterocycles. The van der Waals surface area contributed by atoms with E-state index < -0.39 is 0 Å². The van der Waals surface area contributed by atoms with Crippen LogP contribution in [0.5, 0.6) is 11.5 Å². The smallest absolute Gasteiger partial charge is 0.264 e. The van der Waals surface area contributed by atoms with Crippen molar-refractivity contribution >= 4 is 28.9 Å². The number of hydrogen-bond acceptors (Lipinski definition) is 4. The predicted molar refractivity (Wildman–Crippen MR) is 108 cm³/mol. The molecule has 0 aliphatic carbocycles.